The highest BCUT2D eigenvalue weighted by atomic mass is 32.2. The predicted octanol–water partition coefficient (Wildman–Crippen LogP) is 3.78. The number of anilines is 1. The molecule has 1 atom stereocenters. The summed E-state index contributed by atoms with van der Waals surface area (Å²) in [6, 6.07) is 8.26. The molecule has 152 valence electrons. The maximum Gasteiger partial charge on any atom is 0.256 e. The van der Waals surface area contributed by atoms with Crippen LogP contribution in [0.3, 0.4) is 0 Å². The van der Waals surface area contributed by atoms with E-state index < -0.39 is 10.0 Å². The third-order valence-corrected chi connectivity index (χ3v) is 8.75. The van der Waals surface area contributed by atoms with Crippen molar-refractivity contribution in [2.75, 3.05) is 18.4 Å². The summed E-state index contributed by atoms with van der Waals surface area (Å²) < 4.78 is 26.7. The second-order valence-corrected chi connectivity index (χ2v) is 10.8. The molecule has 29 heavy (non-hydrogen) atoms. The molecule has 4 rings (SSSR count). The molecule has 2 aliphatic rings. The zero-order chi connectivity index (χ0) is 20.6. The number of thiophene rings is 1. The average Bonchev–Trinajstić information content (AvgIpc) is 3.35. The zero-order valence-corrected chi connectivity index (χ0v) is 17.9. The van der Waals surface area contributed by atoms with Crippen molar-refractivity contribution in [1.82, 2.24) is 4.31 Å². The lowest BCUT2D eigenvalue weighted by Gasteiger charge is -2.17. The summed E-state index contributed by atoms with van der Waals surface area (Å²) in [5, 5.41) is 13.0. The minimum absolute atomic E-state index is 0.203. The molecule has 1 saturated heterocycles. The zero-order valence-electron chi connectivity index (χ0n) is 16.3. The van der Waals surface area contributed by atoms with Crippen LogP contribution >= 0.6 is 11.3 Å². The molecular weight excluding hydrogens is 406 g/mol. The van der Waals surface area contributed by atoms with Crippen LogP contribution in [0.25, 0.3) is 0 Å². The molecular formula is C21H23N3O3S2. The van der Waals surface area contributed by atoms with Crippen molar-refractivity contribution < 1.29 is 13.2 Å². The van der Waals surface area contributed by atoms with Gasteiger partial charge in [-0.25, -0.2) is 8.42 Å². The average molecular weight is 430 g/mol. The van der Waals surface area contributed by atoms with Crippen LogP contribution in [0.15, 0.2) is 29.2 Å². The quantitative estimate of drug-likeness (QED) is 0.801. The second kappa shape index (κ2) is 7.90. The fraction of sp³-hybridized carbons (Fsp3) is 0.429. The van der Waals surface area contributed by atoms with Crippen LogP contribution in [-0.4, -0.2) is 31.7 Å². The Morgan fingerprint density at radius 1 is 1.24 bits per heavy atom. The number of sulfonamides is 1. The SMILES string of the molecule is CC1CCc2c(sc(NC(=O)c3ccc(S(=O)(=O)N4CCCC4)cc3)c2C#N)C1. The Balaban J connectivity index is 1.53. The number of nitrogens with one attached hydrogen (secondary N) is 1. The third-order valence-electron chi connectivity index (χ3n) is 5.67. The van der Waals surface area contributed by atoms with Gasteiger partial charge in [0.2, 0.25) is 10.0 Å². The Morgan fingerprint density at radius 3 is 2.59 bits per heavy atom. The molecule has 1 amide bonds. The summed E-state index contributed by atoms with van der Waals surface area (Å²) in [5.74, 6) is 0.250. The number of carbonyl (C=O) groups is 1. The van der Waals surface area contributed by atoms with Crippen LogP contribution in [0.2, 0.25) is 0 Å². The topological polar surface area (TPSA) is 90.3 Å². The van der Waals surface area contributed by atoms with Gasteiger partial charge in [0.25, 0.3) is 5.91 Å². The molecule has 1 N–H and O–H groups in total. The van der Waals surface area contributed by atoms with Crippen LogP contribution in [0.5, 0.6) is 0 Å². The molecule has 0 saturated carbocycles. The first-order chi connectivity index (χ1) is 13.9. The molecule has 1 aliphatic carbocycles. The van der Waals surface area contributed by atoms with Gasteiger partial charge in [0.05, 0.1) is 10.5 Å². The Kier molecular flexibility index (Phi) is 5.47. The monoisotopic (exact) mass is 429 g/mol. The van der Waals surface area contributed by atoms with Crippen LogP contribution < -0.4 is 5.32 Å². The maximum atomic E-state index is 12.7. The maximum absolute atomic E-state index is 12.7. The van der Waals surface area contributed by atoms with Gasteiger partial charge in [-0.2, -0.15) is 9.57 Å². The Morgan fingerprint density at radius 2 is 1.93 bits per heavy atom. The molecule has 1 fully saturated rings. The van der Waals surface area contributed by atoms with Crippen LogP contribution in [0.4, 0.5) is 5.00 Å². The molecule has 6 nitrogen and oxygen atoms in total. The Bertz CT molecular complexity index is 1080. The van der Waals surface area contributed by atoms with Gasteiger partial charge < -0.3 is 5.32 Å². The molecule has 1 aromatic carbocycles. The molecule has 1 aromatic heterocycles. The van der Waals surface area contributed by atoms with Gasteiger partial charge >= 0.3 is 0 Å². The summed E-state index contributed by atoms with van der Waals surface area (Å²) in [5.41, 5.74) is 2.01. The van der Waals surface area contributed by atoms with Crippen LogP contribution in [0.1, 0.15) is 52.5 Å². The number of nitrogens with zero attached hydrogens (tertiary/aromatic N) is 2. The minimum Gasteiger partial charge on any atom is -0.312 e. The molecule has 0 radical (unpaired) electrons. The fourth-order valence-electron chi connectivity index (χ4n) is 3.99. The van der Waals surface area contributed by atoms with E-state index in [2.05, 4.69) is 18.3 Å². The second-order valence-electron chi connectivity index (χ2n) is 7.76. The highest BCUT2D eigenvalue weighted by Crippen LogP contribution is 2.39. The molecule has 1 unspecified atom stereocenters. The van der Waals surface area contributed by atoms with E-state index in [4.69, 9.17) is 0 Å². The van der Waals surface area contributed by atoms with Gasteiger partial charge in [-0.3, -0.25) is 4.79 Å². The summed E-state index contributed by atoms with van der Waals surface area (Å²) in [6.45, 7) is 3.29. The normalized spacial score (nSPS) is 19.5. The van der Waals surface area contributed by atoms with Crippen molar-refractivity contribution >= 4 is 32.3 Å². The first-order valence-corrected chi connectivity index (χ1v) is 12.1. The largest absolute Gasteiger partial charge is 0.312 e. The Hall–Kier alpha value is -2.21. The number of hydrogen-bond acceptors (Lipinski definition) is 5. The van der Waals surface area contributed by atoms with E-state index in [0.29, 0.717) is 35.1 Å². The number of carbonyl (C=O) groups excluding carboxylic acids is 1. The highest BCUT2D eigenvalue weighted by molar-refractivity contribution is 7.89. The summed E-state index contributed by atoms with van der Waals surface area (Å²) >= 11 is 1.48. The van der Waals surface area contributed by atoms with Crippen molar-refractivity contribution in [2.24, 2.45) is 5.92 Å². The summed E-state index contributed by atoms with van der Waals surface area (Å²) in [4.78, 5) is 14.1. The van der Waals surface area contributed by atoms with Gasteiger partial charge in [-0.05, 0) is 67.9 Å². The number of benzene rings is 1. The highest BCUT2D eigenvalue weighted by Gasteiger charge is 2.28. The number of fused-ring (bicyclic) bond motifs is 1. The molecule has 2 heterocycles. The van der Waals surface area contributed by atoms with Gasteiger partial charge in [0, 0.05) is 23.5 Å². The van der Waals surface area contributed by atoms with Gasteiger partial charge in [-0.1, -0.05) is 6.92 Å². The van der Waals surface area contributed by atoms with Crippen molar-refractivity contribution in [3.8, 4) is 6.07 Å². The number of amides is 1. The lowest BCUT2D eigenvalue weighted by atomic mass is 9.88. The number of hydrogen-bond donors (Lipinski definition) is 1. The smallest absolute Gasteiger partial charge is 0.256 e. The van der Waals surface area contributed by atoms with Crippen LogP contribution in [0, 0.1) is 17.2 Å². The fourth-order valence-corrected chi connectivity index (χ4v) is 6.86. The van der Waals surface area contributed by atoms with E-state index in [1.807, 2.05) is 0 Å². The first kappa shape index (κ1) is 20.1. The number of rotatable bonds is 4. The molecule has 0 bridgehead atoms. The van der Waals surface area contributed by atoms with Crippen LogP contribution in [-0.2, 0) is 22.9 Å². The summed E-state index contributed by atoms with van der Waals surface area (Å²) in [7, 11) is -3.50. The first-order valence-electron chi connectivity index (χ1n) is 9.86. The van der Waals surface area contributed by atoms with Gasteiger partial charge in [0.1, 0.15) is 11.1 Å². The van der Waals surface area contributed by atoms with E-state index in [-0.39, 0.29) is 10.8 Å². The van der Waals surface area contributed by atoms with Crippen molar-refractivity contribution in [3.05, 3.63) is 45.8 Å². The van der Waals surface area contributed by atoms with Gasteiger partial charge in [-0.15, -0.1) is 11.3 Å². The lowest BCUT2D eigenvalue weighted by Crippen LogP contribution is -2.27. The standard InChI is InChI=1S/C21H23N3O3S2/c1-14-4-9-17-18(13-22)21(28-19(17)12-14)23-20(25)15-5-7-16(8-6-15)29(26,27)24-10-2-3-11-24/h5-8,14H,2-4,9-12H2,1H3,(H,23,25). The van der Waals surface area contributed by atoms with Crippen molar-refractivity contribution in [2.45, 2.75) is 43.9 Å². The number of nitriles is 1. The molecule has 1 aliphatic heterocycles. The molecule has 2 aromatic rings. The van der Waals surface area contributed by atoms with Crippen molar-refractivity contribution in [3.63, 3.8) is 0 Å². The minimum atomic E-state index is -3.50. The van der Waals surface area contributed by atoms with E-state index in [9.17, 15) is 18.5 Å². The lowest BCUT2D eigenvalue weighted by molar-refractivity contribution is 0.102. The summed E-state index contributed by atoms with van der Waals surface area (Å²) in [6.07, 6.45) is 4.62. The predicted molar refractivity (Wildman–Crippen MR) is 113 cm³/mol. The van der Waals surface area contributed by atoms with E-state index in [1.54, 1.807) is 0 Å². The Labute approximate surface area is 175 Å². The van der Waals surface area contributed by atoms with E-state index >= 15 is 0 Å². The third kappa shape index (κ3) is 3.82. The van der Waals surface area contributed by atoms with E-state index in [0.717, 1.165) is 37.7 Å². The molecule has 8 heteroatoms. The van der Waals surface area contributed by atoms with Gasteiger partial charge in [0.15, 0.2) is 0 Å². The molecule has 0 spiro atoms. The van der Waals surface area contributed by atoms with E-state index in [1.165, 1.54) is 44.8 Å². The van der Waals surface area contributed by atoms with Crippen molar-refractivity contribution in [1.29, 1.82) is 5.26 Å².